The second-order valence-electron chi connectivity index (χ2n) is 9.22. The number of aromatic nitrogens is 4. The summed E-state index contributed by atoms with van der Waals surface area (Å²) < 4.78 is 65.6. The van der Waals surface area contributed by atoms with Gasteiger partial charge in [-0.05, 0) is 45.0 Å². The molecule has 9 nitrogen and oxygen atoms in total. The fourth-order valence-electron chi connectivity index (χ4n) is 4.47. The summed E-state index contributed by atoms with van der Waals surface area (Å²) in [4.78, 5) is 24.3. The van der Waals surface area contributed by atoms with Crippen LogP contribution in [0.2, 0.25) is 0 Å². The number of carbonyl (C=O) groups is 1. The molecule has 0 bridgehead atoms. The summed E-state index contributed by atoms with van der Waals surface area (Å²) in [6.45, 7) is 6.91. The smallest absolute Gasteiger partial charge is 0.367 e. The van der Waals surface area contributed by atoms with Crippen molar-refractivity contribution in [3.05, 3.63) is 53.6 Å². The van der Waals surface area contributed by atoms with Gasteiger partial charge in [0.05, 0.1) is 11.3 Å². The van der Waals surface area contributed by atoms with Gasteiger partial charge in [-0.2, -0.15) is 18.3 Å². The third-order valence-electron chi connectivity index (χ3n) is 6.27. The normalized spacial score (nSPS) is 16.8. The lowest BCUT2D eigenvalue weighted by atomic mass is 10.0. The Labute approximate surface area is 212 Å². The molecule has 37 heavy (non-hydrogen) atoms. The van der Waals surface area contributed by atoms with Gasteiger partial charge in [0.15, 0.2) is 0 Å². The zero-order chi connectivity index (χ0) is 27.1. The summed E-state index contributed by atoms with van der Waals surface area (Å²) in [5, 5.41) is 3.94. The molecule has 1 amide bonds. The molecule has 0 aliphatic carbocycles. The van der Waals surface area contributed by atoms with Crippen molar-refractivity contribution in [1.29, 1.82) is 0 Å². The number of sulfone groups is 1. The molecule has 1 fully saturated rings. The fourth-order valence-corrected chi connectivity index (χ4v) is 4.96. The minimum atomic E-state index is -4.57. The van der Waals surface area contributed by atoms with Crippen molar-refractivity contribution in [3.63, 3.8) is 0 Å². The lowest BCUT2D eigenvalue weighted by Gasteiger charge is -2.41. The number of aryl methyl sites for hydroxylation is 2. The van der Waals surface area contributed by atoms with Gasteiger partial charge < -0.3 is 9.80 Å². The van der Waals surface area contributed by atoms with Crippen LogP contribution in [0.1, 0.15) is 23.9 Å². The molecule has 0 N–H and O–H groups in total. The van der Waals surface area contributed by atoms with Crippen molar-refractivity contribution in [3.8, 4) is 11.1 Å². The predicted molar refractivity (Wildman–Crippen MR) is 131 cm³/mol. The number of hydrogen-bond donors (Lipinski definition) is 0. The molecule has 2 aromatic heterocycles. The number of anilines is 1. The van der Waals surface area contributed by atoms with E-state index in [0.717, 1.165) is 29.8 Å². The van der Waals surface area contributed by atoms with Crippen molar-refractivity contribution in [1.82, 2.24) is 24.6 Å². The zero-order valence-corrected chi connectivity index (χ0v) is 21.6. The summed E-state index contributed by atoms with van der Waals surface area (Å²) in [5.41, 5.74) is 1.86. The number of hydrogen-bond acceptors (Lipinski definition) is 7. The first-order valence-electron chi connectivity index (χ1n) is 11.5. The first kappa shape index (κ1) is 26.6. The Balaban J connectivity index is 1.61. The van der Waals surface area contributed by atoms with E-state index in [0.29, 0.717) is 25.3 Å². The molecule has 0 radical (unpaired) electrons. The van der Waals surface area contributed by atoms with Gasteiger partial charge in [0.1, 0.15) is 6.54 Å². The fraction of sp³-hybridized carbons (Fsp3) is 0.417. The largest absolute Gasteiger partial charge is 0.416 e. The molecule has 4 rings (SSSR count). The number of halogens is 3. The van der Waals surface area contributed by atoms with Crippen LogP contribution >= 0.6 is 0 Å². The third kappa shape index (κ3) is 5.76. The highest BCUT2D eigenvalue weighted by Crippen LogP contribution is 2.38. The summed E-state index contributed by atoms with van der Waals surface area (Å²) in [5.74, 6) is -0.0873. The standard InChI is InChI=1S/C24H27F3N6O3S/c1-15-9-16(2)33(30-15)14-22(34)32-8-7-31(13-17(32)3)21-6-5-19(24(25,26)27)10-20(21)18-11-28-23(29-12-18)37(4,35)36/h5-6,9-12,17H,7-8,13-14H2,1-4H3. The van der Waals surface area contributed by atoms with Crippen LogP contribution in [0.4, 0.5) is 18.9 Å². The Morgan fingerprint density at radius 2 is 1.78 bits per heavy atom. The molecular formula is C24H27F3N6O3S. The zero-order valence-electron chi connectivity index (χ0n) is 20.8. The van der Waals surface area contributed by atoms with Crippen molar-refractivity contribution in [2.45, 2.75) is 44.7 Å². The van der Waals surface area contributed by atoms with Gasteiger partial charge in [0.25, 0.3) is 0 Å². The number of amides is 1. The van der Waals surface area contributed by atoms with E-state index >= 15 is 0 Å². The molecule has 1 saturated heterocycles. The number of carbonyl (C=O) groups excluding carboxylic acids is 1. The molecule has 1 atom stereocenters. The van der Waals surface area contributed by atoms with Gasteiger partial charge in [0.2, 0.25) is 20.9 Å². The first-order chi connectivity index (χ1) is 17.2. The third-order valence-corrected chi connectivity index (χ3v) is 7.15. The Bertz CT molecular complexity index is 1420. The van der Waals surface area contributed by atoms with Gasteiger partial charge in [-0.1, -0.05) is 0 Å². The van der Waals surface area contributed by atoms with E-state index in [2.05, 4.69) is 15.1 Å². The van der Waals surface area contributed by atoms with Crippen LogP contribution in [-0.2, 0) is 27.4 Å². The van der Waals surface area contributed by atoms with Gasteiger partial charge in [-0.3, -0.25) is 9.48 Å². The second kappa shape index (κ2) is 9.77. The van der Waals surface area contributed by atoms with E-state index in [1.54, 1.807) is 9.58 Å². The van der Waals surface area contributed by atoms with E-state index in [9.17, 15) is 26.4 Å². The van der Waals surface area contributed by atoms with Crippen LogP contribution in [0.15, 0.2) is 41.8 Å². The molecular weight excluding hydrogens is 509 g/mol. The topological polar surface area (TPSA) is 101 Å². The first-order valence-corrected chi connectivity index (χ1v) is 13.4. The quantitative estimate of drug-likeness (QED) is 0.462. The number of rotatable bonds is 5. The van der Waals surface area contributed by atoms with Crippen molar-refractivity contribution in [2.75, 3.05) is 30.8 Å². The highest BCUT2D eigenvalue weighted by molar-refractivity contribution is 7.90. The highest BCUT2D eigenvalue weighted by atomic mass is 32.2. The Hall–Kier alpha value is -3.48. The van der Waals surface area contributed by atoms with E-state index in [1.807, 2.05) is 31.7 Å². The molecule has 198 valence electrons. The maximum Gasteiger partial charge on any atom is 0.416 e. The number of alkyl halides is 3. The predicted octanol–water partition coefficient (Wildman–Crippen LogP) is 3.12. The van der Waals surface area contributed by atoms with E-state index in [-0.39, 0.29) is 29.6 Å². The minimum absolute atomic E-state index is 0.0873. The van der Waals surface area contributed by atoms with Crippen molar-refractivity contribution in [2.24, 2.45) is 0 Å². The molecule has 0 spiro atoms. The van der Waals surface area contributed by atoms with Crippen molar-refractivity contribution < 1.29 is 26.4 Å². The summed E-state index contributed by atoms with van der Waals surface area (Å²) in [7, 11) is -3.67. The maximum atomic E-state index is 13.5. The van der Waals surface area contributed by atoms with Crippen LogP contribution in [-0.4, -0.2) is 70.9 Å². The van der Waals surface area contributed by atoms with Gasteiger partial charge >= 0.3 is 6.18 Å². The lowest BCUT2D eigenvalue weighted by Crippen LogP contribution is -2.55. The second-order valence-corrected chi connectivity index (χ2v) is 11.1. The number of benzene rings is 1. The molecule has 1 aromatic carbocycles. The van der Waals surface area contributed by atoms with Crippen LogP contribution in [0.5, 0.6) is 0 Å². The van der Waals surface area contributed by atoms with Gasteiger partial charge in [-0.25, -0.2) is 18.4 Å². The van der Waals surface area contributed by atoms with Gasteiger partial charge in [-0.15, -0.1) is 0 Å². The van der Waals surface area contributed by atoms with Crippen molar-refractivity contribution >= 4 is 21.4 Å². The van der Waals surface area contributed by atoms with Crippen LogP contribution in [0, 0.1) is 13.8 Å². The summed E-state index contributed by atoms with van der Waals surface area (Å²) in [6.07, 6.45) is -1.20. The van der Waals surface area contributed by atoms with Crippen LogP contribution in [0.3, 0.4) is 0 Å². The minimum Gasteiger partial charge on any atom is -0.367 e. The molecule has 1 aliphatic rings. The van der Waals surface area contributed by atoms with E-state index < -0.39 is 26.7 Å². The Morgan fingerprint density at radius 1 is 1.11 bits per heavy atom. The molecule has 0 saturated carbocycles. The summed E-state index contributed by atoms with van der Waals surface area (Å²) in [6, 6.07) is 5.10. The maximum absolute atomic E-state index is 13.5. The summed E-state index contributed by atoms with van der Waals surface area (Å²) >= 11 is 0. The molecule has 3 aromatic rings. The van der Waals surface area contributed by atoms with E-state index in [1.165, 1.54) is 18.5 Å². The highest BCUT2D eigenvalue weighted by Gasteiger charge is 2.33. The molecule has 13 heteroatoms. The van der Waals surface area contributed by atoms with Crippen LogP contribution in [0.25, 0.3) is 11.1 Å². The SMILES string of the molecule is Cc1cc(C)n(CC(=O)N2CCN(c3ccc(C(F)(F)F)cc3-c3cnc(S(C)(=O)=O)nc3)CC2C)n1. The van der Waals surface area contributed by atoms with Gasteiger partial charge in [0, 0.05) is 66.8 Å². The number of piperazine rings is 1. The molecule has 3 heterocycles. The average Bonchev–Trinajstić information content (AvgIpc) is 3.13. The molecule has 1 aliphatic heterocycles. The Kier molecular flexibility index (Phi) is 7.01. The Morgan fingerprint density at radius 3 is 2.32 bits per heavy atom. The average molecular weight is 537 g/mol. The van der Waals surface area contributed by atoms with Crippen LogP contribution < -0.4 is 4.90 Å². The number of nitrogens with zero attached hydrogens (tertiary/aromatic N) is 6. The molecule has 1 unspecified atom stereocenters. The monoisotopic (exact) mass is 536 g/mol. The van der Waals surface area contributed by atoms with E-state index in [4.69, 9.17) is 0 Å². The lowest BCUT2D eigenvalue weighted by molar-refractivity contribution is -0.137.